The van der Waals surface area contributed by atoms with E-state index >= 15 is 0 Å². The number of benzene rings is 1. The molecule has 0 unspecified atom stereocenters. The van der Waals surface area contributed by atoms with Gasteiger partial charge in [-0.25, -0.2) is 0 Å². The van der Waals surface area contributed by atoms with E-state index in [0.717, 1.165) is 22.3 Å². The van der Waals surface area contributed by atoms with Crippen molar-refractivity contribution in [2.75, 3.05) is 11.9 Å². The van der Waals surface area contributed by atoms with Crippen molar-refractivity contribution in [2.45, 2.75) is 6.54 Å². The molecular formula is C16H14N4. The second-order valence-corrected chi connectivity index (χ2v) is 4.72. The highest BCUT2D eigenvalue weighted by Crippen LogP contribution is 2.28. The number of para-hydroxylation sites is 1. The van der Waals surface area contributed by atoms with Gasteiger partial charge in [-0.15, -0.1) is 0 Å². The second kappa shape index (κ2) is 5.06. The SMILES string of the molecule is CN(Cc1cccnc1)c1[nH]c2ccccc2c1C#N. The highest BCUT2D eigenvalue weighted by Gasteiger charge is 2.14. The van der Waals surface area contributed by atoms with Crippen molar-refractivity contribution in [1.82, 2.24) is 9.97 Å². The van der Waals surface area contributed by atoms with Crippen molar-refractivity contribution in [2.24, 2.45) is 0 Å². The summed E-state index contributed by atoms with van der Waals surface area (Å²) in [6.45, 7) is 0.704. The molecule has 4 heteroatoms. The fourth-order valence-corrected chi connectivity index (χ4v) is 2.37. The van der Waals surface area contributed by atoms with Crippen LogP contribution >= 0.6 is 0 Å². The zero-order valence-corrected chi connectivity index (χ0v) is 11.2. The third kappa shape index (κ3) is 2.10. The molecule has 1 N–H and O–H groups in total. The van der Waals surface area contributed by atoms with Crippen LogP contribution in [0.1, 0.15) is 11.1 Å². The molecule has 0 spiro atoms. The van der Waals surface area contributed by atoms with E-state index < -0.39 is 0 Å². The molecule has 0 saturated heterocycles. The molecule has 0 amide bonds. The van der Waals surface area contributed by atoms with Gasteiger partial charge in [0.2, 0.25) is 0 Å². The molecule has 0 atom stereocenters. The lowest BCUT2D eigenvalue weighted by Gasteiger charge is -2.17. The van der Waals surface area contributed by atoms with Crippen LogP contribution in [0.5, 0.6) is 0 Å². The van der Waals surface area contributed by atoms with Crippen LogP contribution in [-0.2, 0) is 6.54 Å². The third-order valence-corrected chi connectivity index (χ3v) is 3.32. The Morgan fingerprint density at radius 1 is 1.25 bits per heavy atom. The Hall–Kier alpha value is -2.80. The van der Waals surface area contributed by atoms with Crippen molar-refractivity contribution in [3.05, 3.63) is 59.9 Å². The summed E-state index contributed by atoms with van der Waals surface area (Å²) in [7, 11) is 1.97. The minimum absolute atomic E-state index is 0.687. The molecule has 2 aromatic heterocycles. The Morgan fingerprint density at radius 2 is 2.10 bits per heavy atom. The van der Waals surface area contributed by atoms with Crippen molar-refractivity contribution in [3.8, 4) is 6.07 Å². The molecule has 98 valence electrons. The summed E-state index contributed by atoms with van der Waals surface area (Å²) < 4.78 is 0. The predicted octanol–water partition coefficient (Wildman–Crippen LogP) is 3.07. The Kier molecular flexibility index (Phi) is 3.10. The number of nitriles is 1. The normalized spacial score (nSPS) is 10.4. The number of rotatable bonds is 3. The molecule has 0 aliphatic rings. The van der Waals surface area contributed by atoms with Crippen LogP contribution in [0.25, 0.3) is 10.9 Å². The lowest BCUT2D eigenvalue weighted by molar-refractivity contribution is 0.898. The van der Waals surface area contributed by atoms with Gasteiger partial charge in [-0.2, -0.15) is 5.26 Å². The van der Waals surface area contributed by atoms with E-state index in [4.69, 9.17) is 0 Å². The van der Waals surface area contributed by atoms with Gasteiger partial charge in [-0.1, -0.05) is 24.3 Å². The molecule has 20 heavy (non-hydrogen) atoms. The van der Waals surface area contributed by atoms with E-state index in [1.54, 1.807) is 6.20 Å². The Labute approximate surface area is 117 Å². The number of anilines is 1. The smallest absolute Gasteiger partial charge is 0.125 e. The average molecular weight is 262 g/mol. The zero-order chi connectivity index (χ0) is 13.9. The molecule has 0 aliphatic heterocycles. The average Bonchev–Trinajstić information content (AvgIpc) is 2.87. The first-order chi connectivity index (χ1) is 9.79. The van der Waals surface area contributed by atoms with Crippen LogP contribution in [-0.4, -0.2) is 17.0 Å². The van der Waals surface area contributed by atoms with Crippen LogP contribution in [0.15, 0.2) is 48.8 Å². The maximum atomic E-state index is 9.41. The van der Waals surface area contributed by atoms with Crippen molar-refractivity contribution >= 4 is 16.7 Å². The molecule has 0 bridgehead atoms. The van der Waals surface area contributed by atoms with E-state index in [2.05, 4.69) is 16.0 Å². The summed E-state index contributed by atoms with van der Waals surface area (Å²) in [6, 6.07) is 14.1. The van der Waals surface area contributed by atoms with E-state index in [-0.39, 0.29) is 0 Å². The van der Waals surface area contributed by atoms with Gasteiger partial charge in [0, 0.05) is 36.9 Å². The van der Waals surface area contributed by atoms with E-state index in [1.807, 2.05) is 54.5 Å². The number of nitrogens with one attached hydrogen (secondary N) is 1. The number of H-pyrrole nitrogens is 1. The molecule has 0 saturated carbocycles. The molecule has 0 aliphatic carbocycles. The Morgan fingerprint density at radius 3 is 2.85 bits per heavy atom. The number of hydrogen-bond donors (Lipinski definition) is 1. The first kappa shape index (κ1) is 12.2. The first-order valence-corrected chi connectivity index (χ1v) is 6.40. The fraction of sp³-hybridized carbons (Fsp3) is 0.125. The van der Waals surface area contributed by atoms with Crippen LogP contribution < -0.4 is 4.90 Å². The van der Waals surface area contributed by atoms with Crippen molar-refractivity contribution in [1.29, 1.82) is 5.26 Å². The van der Waals surface area contributed by atoms with Crippen molar-refractivity contribution < 1.29 is 0 Å². The van der Waals surface area contributed by atoms with E-state index in [0.29, 0.717) is 12.1 Å². The van der Waals surface area contributed by atoms with Gasteiger partial charge >= 0.3 is 0 Å². The van der Waals surface area contributed by atoms with Crippen LogP contribution in [0.4, 0.5) is 5.82 Å². The second-order valence-electron chi connectivity index (χ2n) is 4.72. The monoisotopic (exact) mass is 262 g/mol. The van der Waals surface area contributed by atoms with Gasteiger partial charge in [0.1, 0.15) is 17.5 Å². The number of pyridine rings is 1. The Balaban J connectivity index is 1.99. The summed E-state index contributed by atoms with van der Waals surface area (Å²) in [5.74, 6) is 0.845. The van der Waals surface area contributed by atoms with Gasteiger partial charge in [0.25, 0.3) is 0 Å². The number of aromatic amines is 1. The molecule has 3 rings (SSSR count). The largest absolute Gasteiger partial charge is 0.356 e. The first-order valence-electron chi connectivity index (χ1n) is 6.40. The van der Waals surface area contributed by atoms with Crippen molar-refractivity contribution in [3.63, 3.8) is 0 Å². The number of hydrogen-bond acceptors (Lipinski definition) is 3. The standard InChI is InChI=1S/C16H14N4/c1-20(11-12-5-4-8-18-10-12)16-14(9-17)13-6-2-3-7-15(13)19-16/h2-8,10,19H,11H2,1H3. The molecule has 3 aromatic rings. The van der Waals surface area contributed by atoms with Crippen LogP contribution in [0.3, 0.4) is 0 Å². The highest BCUT2D eigenvalue weighted by molar-refractivity contribution is 5.91. The lowest BCUT2D eigenvalue weighted by atomic mass is 10.2. The number of nitrogens with zero attached hydrogens (tertiary/aromatic N) is 3. The fourth-order valence-electron chi connectivity index (χ4n) is 2.37. The van der Waals surface area contributed by atoms with E-state index in [9.17, 15) is 5.26 Å². The third-order valence-electron chi connectivity index (χ3n) is 3.32. The minimum atomic E-state index is 0.687. The highest BCUT2D eigenvalue weighted by atomic mass is 15.2. The topological polar surface area (TPSA) is 55.7 Å². The van der Waals surface area contributed by atoms with Gasteiger partial charge in [0.15, 0.2) is 0 Å². The minimum Gasteiger partial charge on any atom is -0.356 e. The summed E-state index contributed by atoms with van der Waals surface area (Å²) in [5, 5.41) is 10.4. The van der Waals surface area contributed by atoms with Gasteiger partial charge in [-0.3, -0.25) is 4.98 Å². The Bertz CT molecular complexity index is 768. The predicted molar refractivity (Wildman–Crippen MR) is 79.4 cm³/mol. The van der Waals surface area contributed by atoms with Gasteiger partial charge in [0.05, 0.1) is 0 Å². The molecule has 0 fully saturated rings. The molecular weight excluding hydrogens is 248 g/mol. The molecule has 2 heterocycles. The van der Waals surface area contributed by atoms with Gasteiger partial charge in [-0.05, 0) is 17.7 Å². The zero-order valence-electron chi connectivity index (χ0n) is 11.2. The van der Waals surface area contributed by atoms with Crippen LogP contribution in [0.2, 0.25) is 0 Å². The quantitative estimate of drug-likeness (QED) is 0.789. The van der Waals surface area contributed by atoms with E-state index in [1.165, 1.54) is 0 Å². The summed E-state index contributed by atoms with van der Waals surface area (Å²) in [5.41, 5.74) is 2.78. The van der Waals surface area contributed by atoms with Crippen LogP contribution in [0, 0.1) is 11.3 Å². The summed E-state index contributed by atoms with van der Waals surface area (Å²) >= 11 is 0. The molecule has 1 aromatic carbocycles. The van der Waals surface area contributed by atoms with Gasteiger partial charge < -0.3 is 9.88 Å². The summed E-state index contributed by atoms with van der Waals surface area (Å²) in [4.78, 5) is 9.47. The number of fused-ring (bicyclic) bond motifs is 1. The summed E-state index contributed by atoms with van der Waals surface area (Å²) in [6.07, 6.45) is 3.60. The molecule has 0 radical (unpaired) electrons. The maximum absolute atomic E-state index is 9.41. The lowest BCUT2D eigenvalue weighted by Crippen LogP contribution is -2.17. The maximum Gasteiger partial charge on any atom is 0.125 e. The number of aromatic nitrogens is 2. The molecule has 4 nitrogen and oxygen atoms in total.